The number of nitrogens with zero attached hydrogens (tertiary/aromatic N) is 3. The summed E-state index contributed by atoms with van der Waals surface area (Å²) in [5.74, 6) is 1.68. The molecule has 102 valence electrons. The van der Waals surface area contributed by atoms with Gasteiger partial charge < -0.3 is 10.6 Å². The highest BCUT2D eigenvalue weighted by Gasteiger charge is 2.24. The Bertz CT molecular complexity index is 570. The summed E-state index contributed by atoms with van der Waals surface area (Å²) in [6.07, 6.45) is 3.84. The van der Waals surface area contributed by atoms with E-state index in [9.17, 15) is 0 Å². The maximum atomic E-state index is 6.15. The monoisotopic (exact) mass is 276 g/mol. The number of aryl methyl sites for hydroxylation is 1. The minimum atomic E-state index is 0.248. The number of fused-ring (bicyclic) bond motifs is 1. The summed E-state index contributed by atoms with van der Waals surface area (Å²) in [7, 11) is 0. The lowest BCUT2D eigenvalue weighted by atomic mass is 9.96. The van der Waals surface area contributed by atoms with Crippen molar-refractivity contribution in [3.8, 4) is 0 Å². The van der Waals surface area contributed by atoms with Gasteiger partial charge in [-0.05, 0) is 24.8 Å². The van der Waals surface area contributed by atoms with Crippen molar-refractivity contribution in [2.24, 2.45) is 11.7 Å². The molecule has 1 fully saturated rings. The van der Waals surface area contributed by atoms with Crippen molar-refractivity contribution in [3.63, 3.8) is 0 Å². The van der Waals surface area contributed by atoms with Crippen LogP contribution in [0.15, 0.2) is 12.4 Å². The van der Waals surface area contributed by atoms with Crippen LogP contribution in [0.5, 0.6) is 0 Å². The minimum Gasteiger partial charge on any atom is -0.354 e. The van der Waals surface area contributed by atoms with Gasteiger partial charge >= 0.3 is 0 Å². The molecule has 5 heteroatoms. The van der Waals surface area contributed by atoms with E-state index in [1.165, 1.54) is 10.3 Å². The van der Waals surface area contributed by atoms with Crippen molar-refractivity contribution >= 4 is 27.4 Å². The molecule has 0 saturated carbocycles. The van der Waals surface area contributed by atoms with Crippen LogP contribution in [0.1, 0.15) is 25.1 Å². The first-order valence-electron chi connectivity index (χ1n) is 6.91. The zero-order valence-corrected chi connectivity index (χ0v) is 12.3. The van der Waals surface area contributed by atoms with E-state index in [1.807, 2.05) is 0 Å². The Morgan fingerprint density at radius 2 is 2.26 bits per heavy atom. The summed E-state index contributed by atoms with van der Waals surface area (Å²) >= 11 is 1.77. The minimum absolute atomic E-state index is 0.248. The molecule has 4 nitrogen and oxygen atoms in total. The molecule has 0 amide bonds. The lowest BCUT2D eigenvalue weighted by Gasteiger charge is -2.35. The van der Waals surface area contributed by atoms with E-state index in [0.717, 1.165) is 36.6 Å². The van der Waals surface area contributed by atoms with E-state index in [-0.39, 0.29) is 6.04 Å². The molecule has 2 aromatic heterocycles. The SMILES string of the molecule is CCc1cc2c(N3CC(C)CC(N)C3)ncnc2s1. The molecular formula is C14H20N4S. The van der Waals surface area contributed by atoms with Crippen LogP contribution < -0.4 is 10.6 Å². The van der Waals surface area contributed by atoms with E-state index in [0.29, 0.717) is 5.92 Å². The maximum Gasteiger partial charge on any atom is 0.140 e. The van der Waals surface area contributed by atoms with Gasteiger partial charge in [-0.3, -0.25) is 0 Å². The van der Waals surface area contributed by atoms with Crippen LogP contribution in [0.25, 0.3) is 10.2 Å². The zero-order valence-electron chi connectivity index (χ0n) is 11.5. The van der Waals surface area contributed by atoms with E-state index in [4.69, 9.17) is 5.73 Å². The number of nitrogens with two attached hydrogens (primary N) is 1. The number of piperidine rings is 1. The largest absolute Gasteiger partial charge is 0.354 e. The van der Waals surface area contributed by atoms with Gasteiger partial charge in [0.1, 0.15) is 17.0 Å². The fraction of sp³-hybridized carbons (Fsp3) is 0.571. The molecule has 0 spiro atoms. The second-order valence-corrected chi connectivity index (χ2v) is 6.60. The third-order valence-electron chi connectivity index (χ3n) is 3.70. The quantitative estimate of drug-likeness (QED) is 0.915. The number of rotatable bonds is 2. The third kappa shape index (κ3) is 2.44. The van der Waals surface area contributed by atoms with Gasteiger partial charge in [0.15, 0.2) is 0 Å². The molecule has 2 aromatic rings. The normalized spacial score (nSPS) is 24.1. The van der Waals surface area contributed by atoms with Gasteiger partial charge in [-0.2, -0.15) is 0 Å². The molecule has 3 heterocycles. The zero-order chi connectivity index (χ0) is 13.4. The highest BCUT2D eigenvalue weighted by Crippen LogP contribution is 2.32. The maximum absolute atomic E-state index is 6.15. The predicted octanol–water partition coefficient (Wildman–Crippen LogP) is 2.43. The molecule has 0 aliphatic carbocycles. The third-order valence-corrected chi connectivity index (χ3v) is 4.89. The molecule has 19 heavy (non-hydrogen) atoms. The second kappa shape index (κ2) is 5.06. The van der Waals surface area contributed by atoms with Gasteiger partial charge in [-0.1, -0.05) is 13.8 Å². The van der Waals surface area contributed by atoms with Gasteiger partial charge in [0.2, 0.25) is 0 Å². The molecule has 1 saturated heterocycles. The molecule has 1 aliphatic heterocycles. The molecule has 0 radical (unpaired) electrons. The Hall–Kier alpha value is -1.20. The molecule has 3 rings (SSSR count). The average molecular weight is 276 g/mol. The Kier molecular flexibility index (Phi) is 3.41. The number of hydrogen-bond donors (Lipinski definition) is 1. The molecule has 0 bridgehead atoms. The first-order valence-corrected chi connectivity index (χ1v) is 7.73. The number of aromatic nitrogens is 2. The van der Waals surface area contributed by atoms with Crippen molar-refractivity contribution < 1.29 is 0 Å². The second-order valence-electron chi connectivity index (χ2n) is 5.49. The molecule has 2 atom stereocenters. The first kappa shape index (κ1) is 12.8. The lowest BCUT2D eigenvalue weighted by Crippen LogP contribution is -2.46. The van der Waals surface area contributed by atoms with Crippen molar-refractivity contribution in [2.75, 3.05) is 18.0 Å². The van der Waals surface area contributed by atoms with E-state index < -0.39 is 0 Å². The van der Waals surface area contributed by atoms with Crippen molar-refractivity contribution in [1.29, 1.82) is 0 Å². The van der Waals surface area contributed by atoms with Crippen molar-refractivity contribution in [3.05, 3.63) is 17.3 Å². The van der Waals surface area contributed by atoms with Gasteiger partial charge in [-0.25, -0.2) is 9.97 Å². The summed E-state index contributed by atoms with van der Waals surface area (Å²) in [4.78, 5) is 13.7. The van der Waals surface area contributed by atoms with Gasteiger partial charge in [0, 0.05) is 24.0 Å². The molecule has 1 aliphatic rings. The standard InChI is InChI=1S/C14H20N4S/c1-3-11-5-12-13(16-8-17-14(12)19-11)18-6-9(2)4-10(15)7-18/h5,8-10H,3-4,6-7,15H2,1-2H3. The molecule has 2 N–H and O–H groups in total. The highest BCUT2D eigenvalue weighted by atomic mass is 32.1. The molecular weight excluding hydrogens is 256 g/mol. The average Bonchev–Trinajstić information content (AvgIpc) is 2.80. The summed E-state index contributed by atoms with van der Waals surface area (Å²) in [6, 6.07) is 2.48. The summed E-state index contributed by atoms with van der Waals surface area (Å²) in [5, 5.41) is 1.19. The Morgan fingerprint density at radius 1 is 1.42 bits per heavy atom. The fourth-order valence-corrected chi connectivity index (χ4v) is 3.82. The number of hydrogen-bond acceptors (Lipinski definition) is 5. The smallest absolute Gasteiger partial charge is 0.140 e. The fourth-order valence-electron chi connectivity index (χ4n) is 2.89. The van der Waals surface area contributed by atoms with Gasteiger partial charge in [-0.15, -0.1) is 11.3 Å². The van der Waals surface area contributed by atoms with Gasteiger partial charge in [0.25, 0.3) is 0 Å². The highest BCUT2D eigenvalue weighted by molar-refractivity contribution is 7.18. The Labute approximate surface area is 117 Å². The summed E-state index contributed by atoms with van der Waals surface area (Å²) in [6.45, 7) is 6.37. The van der Waals surface area contributed by atoms with E-state index >= 15 is 0 Å². The van der Waals surface area contributed by atoms with Crippen molar-refractivity contribution in [1.82, 2.24) is 9.97 Å². The van der Waals surface area contributed by atoms with Crippen LogP contribution in [-0.2, 0) is 6.42 Å². The first-order chi connectivity index (χ1) is 9.17. The lowest BCUT2D eigenvalue weighted by molar-refractivity contribution is 0.400. The van der Waals surface area contributed by atoms with Gasteiger partial charge in [0.05, 0.1) is 5.39 Å². The molecule has 2 unspecified atom stereocenters. The van der Waals surface area contributed by atoms with Crippen LogP contribution >= 0.6 is 11.3 Å². The topological polar surface area (TPSA) is 55.0 Å². The van der Waals surface area contributed by atoms with Crippen LogP contribution in [0.4, 0.5) is 5.82 Å². The Balaban J connectivity index is 2.01. The van der Waals surface area contributed by atoms with Crippen LogP contribution in [0, 0.1) is 5.92 Å². The summed E-state index contributed by atoms with van der Waals surface area (Å²) < 4.78 is 0. The molecule has 0 aromatic carbocycles. The van der Waals surface area contributed by atoms with Crippen LogP contribution in [0.2, 0.25) is 0 Å². The predicted molar refractivity (Wildman–Crippen MR) is 80.8 cm³/mol. The summed E-state index contributed by atoms with van der Waals surface area (Å²) in [5.41, 5.74) is 6.15. The Morgan fingerprint density at radius 3 is 3.00 bits per heavy atom. The number of anilines is 1. The number of thiophene rings is 1. The van der Waals surface area contributed by atoms with Crippen molar-refractivity contribution in [2.45, 2.75) is 32.7 Å². The van der Waals surface area contributed by atoms with E-state index in [1.54, 1.807) is 17.7 Å². The van der Waals surface area contributed by atoms with Crippen LogP contribution in [0.3, 0.4) is 0 Å². The van der Waals surface area contributed by atoms with E-state index in [2.05, 4.69) is 34.8 Å². The van der Waals surface area contributed by atoms with Crippen LogP contribution in [-0.4, -0.2) is 29.1 Å².